The molecule has 0 bridgehead atoms. The molecule has 0 aromatic carbocycles. The Bertz CT molecular complexity index is 198. The Hall–Kier alpha value is 0.0969. The summed E-state index contributed by atoms with van der Waals surface area (Å²) >= 11 is 0. The maximum Gasteiger partial charge on any atom is 0.170 e. The van der Waals surface area contributed by atoms with Crippen molar-refractivity contribution in [1.82, 2.24) is 0 Å². The van der Waals surface area contributed by atoms with E-state index in [4.69, 9.17) is 13.9 Å². The van der Waals surface area contributed by atoms with Crippen LogP contribution in [0.25, 0.3) is 0 Å². The van der Waals surface area contributed by atoms with E-state index in [0.717, 1.165) is 25.6 Å². The van der Waals surface area contributed by atoms with E-state index < -0.39 is 9.04 Å². The molecule has 3 nitrogen and oxygen atoms in total. The van der Waals surface area contributed by atoms with Crippen LogP contribution in [0.3, 0.4) is 0 Å². The Labute approximate surface area is 100 Å². The van der Waals surface area contributed by atoms with Crippen LogP contribution < -0.4 is 0 Å². The third kappa shape index (κ3) is 3.84. The zero-order chi connectivity index (χ0) is 11.4. The van der Waals surface area contributed by atoms with E-state index in [2.05, 4.69) is 13.1 Å². The van der Waals surface area contributed by atoms with Crippen molar-refractivity contribution < 1.29 is 13.9 Å². The van der Waals surface area contributed by atoms with Crippen LogP contribution in [-0.4, -0.2) is 34.6 Å². The third-order valence-electron chi connectivity index (χ3n) is 3.34. The predicted octanol–water partition coefficient (Wildman–Crippen LogP) is 2.31. The molecule has 0 aromatic rings. The molecular weight excluding hydrogens is 220 g/mol. The molecule has 0 aromatic heterocycles. The minimum absolute atomic E-state index is 0.0834. The molecule has 2 rings (SSSR count). The van der Waals surface area contributed by atoms with Gasteiger partial charge in [0.25, 0.3) is 0 Å². The van der Waals surface area contributed by atoms with Crippen LogP contribution in [0.15, 0.2) is 0 Å². The second-order valence-electron chi connectivity index (χ2n) is 5.27. The molecule has 94 valence electrons. The van der Waals surface area contributed by atoms with E-state index in [0.29, 0.717) is 6.10 Å². The molecule has 1 aliphatic heterocycles. The van der Waals surface area contributed by atoms with E-state index in [-0.39, 0.29) is 6.29 Å². The fourth-order valence-electron chi connectivity index (χ4n) is 2.28. The highest BCUT2D eigenvalue weighted by Crippen LogP contribution is 2.32. The fraction of sp³-hybridized carbons (Fsp3) is 1.00. The lowest BCUT2D eigenvalue weighted by molar-refractivity contribution is -0.211. The number of hydrogen-bond donors (Lipinski definition) is 0. The van der Waals surface area contributed by atoms with Crippen molar-refractivity contribution in [2.45, 2.75) is 57.6 Å². The van der Waals surface area contributed by atoms with Crippen molar-refractivity contribution in [2.75, 3.05) is 13.2 Å². The van der Waals surface area contributed by atoms with E-state index in [1.165, 1.54) is 25.7 Å². The lowest BCUT2D eigenvalue weighted by Gasteiger charge is -2.38. The van der Waals surface area contributed by atoms with E-state index in [1.807, 2.05) is 0 Å². The van der Waals surface area contributed by atoms with Crippen LogP contribution in [0.1, 0.15) is 32.1 Å². The normalized spacial score (nSPS) is 35.1. The quantitative estimate of drug-likeness (QED) is 0.695. The summed E-state index contributed by atoms with van der Waals surface area (Å²) < 4.78 is 17.2. The molecule has 1 atom stereocenters. The SMILES string of the molecule is C[SiH](C)OCC1CC(OC2CCCCO2)C1. The first kappa shape index (κ1) is 12.6. The van der Waals surface area contributed by atoms with Crippen LogP contribution in [0, 0.1) is 5.92 Å². The van der Waals surface area contributed by atoms with Crippen molar-refractivity contribution in [2.24, 2.45) is 5.92 Å². The second-order valence-corrected chi connectivity index (χ2v) is 7.70. The highest BCUT2D eigenvalue weighted by atomic mass is 28.3. The molecule has 1 unspecified atom stereocenters. The summed E-state index contributed by atoms with van der Waals surface area (Å²) in [6, 6.07) is 0. The van der Waals surface area contributed by atoms with Gasteiger partial charge in [-0.1, -0.05) is 0 Å². The zero-order valence-electron chi connectivity index (χ0n) is 10.5. The van der Waals surface area contributed by atoms with Gasteiger partial charge in [-0.05, 0) is 51.1 Å². The highest BCUT2D eigenvalue weighted by Gasteiger charge is 2.32. The van der Waals surface area contributed by atoms with Crippen LogP contribution in [0.4, 0.5) is 0 Å². The molecule has 16 heavy (non-hydrogen) atoms. The molecular formula is C12H24O3Si. The van der Waals surface area contributed by atoms with Gasteiger partial charge in [0, 0.05) is 13.2 Å². The molecule has 0 amide bonds. The monoisotopic (exact) mass is 244 g/mol. The predicted molar refractivity (Wildman–Crippen MR) is 66.0 cm³/mol. The highest BCUT2D eigenvalue weighted by molar-refractivity contribution is 6.48. The molecule has 4 heteroatoms. The molecule has 1 saturated heterocycles. The van der Waals surface area contributed by atoms with Crippen LogP contribution in [-0.2, 0) is 13.9 Å². The average molecular weight is 244 g/mol. The smallest absolute Gasteiger partial charge is 0.170 e. The van der Waals surface area contributed by atoms with Crippen LogP contribution >= 0.6 is 0 Å². The molecule has 1 heterocycles. The largest absolute Gasteiger partial charge is 0.420 e. The first-order valence-corrected chi connectivity index (χ1v) is 9.41. The number of rotatable bonds is 5. The Morgan fingerprint density at radius 2 is 2.06 bits per heavy atom. The van der Waals surface area contributed by atoms with Crippen LogP contribution in [0.5, 0.6) is 0 Å². The summed E-state index contributed by atoms with van der Waals surface area (Å²) in [7, 11) is -0.829. The topological polar surface area (TPSA) is 27.7 Å². The van der Waals surface area contributed by atoms with Gasteiger partial charge in [0.05, 0.1) is 6.10 Å². The maximum absolute atomic E-state index is 5.90. The minimum atomic E-state index is -0.829. The molecule has 1 saturated carbocycles. The van der Waals surface area contributed by atoms with Crippen molar-refractivity contribution in [3.8, 4) is 0 Å². The maximum atomic E-state index is 5.90. The van der Waals surface area contributed by atoms with Gasteiger partial charge in [-0.2, -0.15) is 0 Å². The summed E-state index contributed by atoms with van der Waals surface area (Å²) in [6.45, 7) is 6.28. The lowest BCUT2D eigenvalue weighted by atomic mass is 9.83. The lowest BCUT2D eigenvalue weighted by Crippen LogP contribution is -2.39. The summed E-state index contributed by atoms with van der Waals surface area (Å²) in [5, 5.41) is 0. The summed E-state index contributed by atoms with van der Waals surface area (Å²) in [6.07, 6.45) is 6.38. The molecule has 0 N–H and O–H groups in total. The Morgan fingerprint density at radius 3 is 2.69 bits per heavy atom. The molecule has 0 radical (unpaired) electrons. The molecule has 0 spiro atoms. The second kappa shape index (κ2) is 6.14. The van der Waals surface area contributed by atoms with Gasteiger partial charge in [-0.3, -0.25) is 0 Å². The number of hydrogen-bond acceptors (Lipinski definition) is 3. The standard InChI is InChI=1S/C12H24O3Si/c1-16(2)14-9-10-7-11(8-10)15-12-5-3-4-6-13-12/h10-12,16H,3-9H2,1-2H3. The number of ether oxygens (including phenoxy) is 2. The van der Waals surface area contributed by atoms with Crippen LogP contribution in [0.2, 0.25) is 13.1 Å². The van der Waals surface area contributed by atoms with Gasteiger partial charge in [-0.15, -0.1) is 0 Å². The van der Waals surface area contributed by atoms with E-state index >= 15 is 0 Å². The Kier molecular flexibility index (Phi) is 4.82. The molecule has 2 aliphatic rings. The summed E-state index contributed by atoms with van der Waals surface area (Å²) in [4.78, 5) is 0. The van der Waals surface area contributed by atoms with Gasteiger partial charge < -0.3 is 13.9 Å². The van der Waals surface area contributed by atoms with Crippen molar-refractivity contribution >= 4 is 9.04 Å². The van der Waals surface area contributed by atoms with Crippen molar-refractivity contribution in [3.63, 3.8) is 0 Å². The van der Waals surface area contributed by atoms with E-state index in [1.54, 1.807) is 0 Å². The fourth-order valence-corrected chi connectivity index (χ4v) is 2.94. The van der Waals surface area contributed by atoms with Crippen molar-refractivity contribution in [1.29, 1.82) is 0 Å². The van der Waals surface area contributed by atoms with Gasteiger partial charge >= 0.3 is 0 Å². The van der Waals surface area contributed by atoms with E-state index in [9.17, 15) is 0 Å². The molecule has 1 aliphatic carbocycles. The van der Waals surface area contributed by atoms with Crippen molar-refractivity contribution in [3.05, 3.63) is 0 Å². The van der Waals surface area contributed by atoms with Gasteiger partial charge in [0.2, 0.25) is 0 Å². The minimum Gasteiger partial charge on any atom is -0.420 e. The Balaban J connectivity index is 1.54. The average Bonchev–Trinajstić information content (AvgIpc) is 2.22. The van der Waals surface area contributed by atoms with Gasteiger partial charge in [0.1, 0.15) is 0 Å². The third-order valence-corrected chi connectivity index (χ3v) is 4.20. The van der Waals surface area contributed by atoms with Gasteiger partial charge in [0.15, 0.2) is 15.3 Å². The first-order chi connectivity index (χ1) is 7.74. The van der Waals surface area contributed by atoms with Gasteiger partial charge in [-0.25, -0.2) is 0 Å². The summed E-state index contributed by atoms with van der Waals surface area (Å²) in [5.74, 6) is 0.739. The summed E-state index contributed by atoms with van der Waals surface area (Å²) in [5.41, 5.74) is 0. The first-order valence-electron chi connectivity index (χ1n) is 6.62. The zero-order valence-corrected chi connectivity index (χ0v) is 11.6. The Morgan fingerprint density at radius 1 is 1.25 bits per heavy atom. The molecule has 2 fully saturated rings.